The summed E-state index contributed by atoms with van der Waals surface area (Å²) in [5.41, 5.74) is 2.16. The number of β-amino-alcohol motifs (C(OH)–C–C–N with tert-alkyl or cyclic N) is 1. The van der Waals surface area contributed by atoms with Crippen LogP contribution in [0.5, 0.6) is 0 Å². The van der Waals surface area contributed by atoms with Gasteiger partial charge in [-0.15, -0.1) is 0 Å². The first-order valence-corrected chi connectivity index (χ1v) is 10.3. The Bertz CT molecular complexity index is 1110. The number of likely N-dealkylation sites (tertiary alicyclic amines) is 1. The number of rotatable bonds is 4. The van der Waals surface area contributed by atoms with Crippen LogP contribution in [-0.4, -0.2) is 52.5 Å². The summed E-state index contributed by atoms with van der Waals surface area (Å²) in [6, 6.07) is 17.7. The molecule has 0 unspecified atom stereocenters. The summed E-state index contributed by atoms with van der Waals surface area (Å²) in [5.74, 6) is 0.0520. The van der Waals surface area contributed by atoms with Gasteiger partial charge in [-0.2, -0.15) is 0 Å². The summed E-state index contributed by atoms with van der Waals surface area (Å²) >= 11 is 0. The van der Waals surface area contributed by atoms with Gasteiger partial charge in [-0.3, -0.25) is 9.59 Å². The molecule has 2 amide bonds. The summed E-state index contributed by atoms with van der Waals surface area (Å²) in [6.07, 6.45) is 1.20. The van der Waals surface area contributed by atoms with E-state index in [1.165, 1.54) is 6.92 Å². The molecule has 2 fully saturated rings. The molecule has 1 aliphatic carbocycles. The Labute approximate surface area is 174 Å². The molecule has 2 heterocycles. The SMILES string of the molecule is CC(=O)NC[C@@H]1[C@@H](c2ccccc2)[C@]12CN(C(=O)c1cccc3cc[nH]c13)C[C@@H]2O. The molecule has 3 aromatic rings. The van der Waals surface area contributed by atoms with Gasteiger partial charge in [0.15, 0.2) is 0 Å². The van der Waals surface area contributed by atoms with Gasteiger partial charge < -0.3 is 20.3 Å². The predicted molar refractivity (Wildman–Crippen MR) is 114 cm³/mol. The highest BCUT2D eigenvalue weighted by Crippen LogP contribution is 2.68. The van der Waals surface area contributed by atoms with Crippen molar-refractivity contribution in [2.45, 2.75) is 18.9 Å². The minimum atomic E-state index is -0.631. The van der Waals surface area contributed by atoms with Gasteiger partial charge in [-0.25, -0.2) is 0 Å². The lowest BCUT2D eigenvalue weighted by atomic mass is 9.95. The predicted octanol–water partition coefficient (Wildman–Crippen LogP) is 2.52. The van der Waals surface area contributed by atoms with E-state index in [-0.39, 0.29) is 23.7 Å². The number of nitrogens with one attached hydrogen (secondary N) is 2. The molecular formula is C24H25N3O3. The molecule has 2 aliphatic rings. The van der Waals surface area contributed by atoms with Crippen LogP contribution in [-0.2, 0) is 4.79 Å². The van der Waals surface area contributed by atoms with Crippen molar-refractivity contribution in [1.29, 1.82) is 0 Å². The van der Waals surface area contributed by atoms with Crippen LogP contribution in [0.25, 0.3) is 10.9 Å². The van der Waals surface area contributed by atoms with E-state index in [0.717, 1.165) is 16.5 Å². The van der Waals surface area contributed by atoms with Crippen LogP contribution in [0.3, 0.4) is 0 Å². The number of aromatic amines is 1. The van der Waals surface area contributed by atoms with Crippen molar-refractivity contribution in [1.82, 2.24) is 15.2 Å². The Morgan fingerprint density at radius 2 is 1.97 bits per heavy atom. The fourth-order valence-corrected chi connectivity index (χ4v) is 5.44. The Hall–Kier alpha value is -3.12. The number of H-pyrrole nitrogens is 1. The fraction of sp³-hybridized carbons (Fsp3) is 0.333. The molecule has 1 aromatic heterocycles. The quantitative estimate of drug-likeness (QED) is 0.626. The lowest BCUT2D eigenvalue weighted by Crippen LogP contribution is -2.30. The van der Waals surface area contributed by atoms with E-state index in [0.29, 0.717) is 25.2 Å². The van der Waals surface area contributed by atoms with Crippen LogP contribution < -0.4 is 5.32 Å². The molecule has 6 nitrogen and oxygen atoms in total. The average molecular weight is 403 g/mol. The summed E-state index contributed by atoms with van der Waals surface area (Å²) in [6.45, 7) is 2.79. The second kappa shape index (κ2) is 6.99. The minimum absolute atomic E-state index is 0.0732. The summed E-state index contributed by atoms with van der Waals surface area (Å²) in [7, 11) is 0. The zero-order valence-electron chi connectivity index (χ0n) is 16.8. The number of nitrogens with zero attached hydrogens (tertiary/aromatic N) is 1. The van der Waals surface area contributed by atoms with Crippen molar-refractivity contribution < 1.29 is 14.7 Å². The number of hydrogen-bond donors (Lipinski definition) is 3. The number of amides is 2. The van der Waals surface area contributed by atoms with Crippen LogP contribution in [0.4, 0.5) is 0 Å². The molecule has 0 bridgehead atoms. The normalized spacial score (nSPS) is 27.5. The van der Waals surface area contributed by atoms with Gasteiger partial charge >= 0.3 is 0 Å². The average Bonchev–Trinajstić information content (AvgIpc) is 3.02. The third kappa shape index (κ3) is 2.82. The molecule has 3 N–H and O–H groups in total. The van der Waals surface area contributed by atoms with Crippen molar-refractivity contribution in [3.63, 3.8) is 0 Å². The van der Waals surface area contributed by atoms with Gasteiger partial charge in [0.1, 0.15) is 0 Å². The van der Waals surface area contributed by atoms with Crippen LogP contribution in [0.2, 0.25) is 0 Å². The zero-order valence-corrected chi connectivity index (χ0v) is 16.8. The second-order valence-electron chi connectivity index (χ2n) is 8.49. The maximum atomic E-state index is 13.4. The maximum Gasteiger partial charge on any atom is 0.256 e. The van der Waals surface area contributed by atoms with Crippen LogP contribution >= 0.6 is 0 Å². The van der Waals surface area contributed by atoms with E-state index in [9.17, 15) is 14.7 Å². The van der Waals surface area contributed by atoms with Crippen molar-refractivity contribution in [3.05, 3.63) is 71.9 Å². The minimum Gasteiger partial charge on any atom is -0.391 e. The molecule has 30 heavy (non-hydrogen) atoms. The number of aliphatic hydroxyl groups excluding tert-OH is 1. The lowest BCUT2D eigenvalue weighted by molar-refractivity contribution is -0.119. The molecule has 4 atom stereocenters. The number of aliphatic hydroxyl groups is 1. The van der Waals surface area contributed by atoms with Crippen molar-refractivity contribution in [2.24, 2.45) is 11.3 Å². The third-order valence-electron chi connectivity index (χ3n) is 6.88. The van der Waals surface area contributed by atoms with Gasteiger partial charge in [-0.05, 0) is 29.5 Å². The van der Waals surface area contributed by atoms with Crippen LogP contribution in [0.1, 0.15) is 28.8 Å². The van der Waals surface area contributed by atoms with Crippen molar-refractivity contribution in [3.8, 4) is 0 Å². The third-order valence-corrected chi connectivity index (χ3v) is 6.88. The van der Waals surface area contributed by atoms with E-state index < -0.39 is 11.5 Å². The number of hydrogen-bond acceptors (Lipinski definition) is 3. The molecule has 0 radical (unpaired) electrons. The second-order valence-corrected chi connectivity index (χ2v) is 8.49. The first-order chi connectivity index (χ1) is 14.5. The zero-order chi connectivity index (χ0) is 20.9. The Morgan fingerprint density at radius 3 is 2.73 bits per heavy atom. The van der Waals surface area contributed by atoms with E-state index in [1.807, 2.05) is 48.7 Å². The van der Waals surface area contributed by atoms with E-state index >= 15 is 0 Å². The molecule has 1 saturated carbocycles. The van der Waals surface area contributed by atoms with Crippen LogP contribution in [0.15, 0.2) is 60.8 Å². The van der Waals surface area contributed by atoms with Crippen molar-refractivity contribution in [2.75, 3.05) is 19.6 Å². The van der Waals surface area contributed by atoms with E-state index in [4.69, 9.17) is 0 Å². The summed E-state index contributed by atoms with van der Waals surface area (Å²) < 4.78 is 0. The van der Waals surface area contributed by atoms with Gasteiger partial charge in [-0.1, -0.05) is 42.5 Å². The monoisotopic (exact) mass is 403 g/mol. The number of carbonyl (C=O) groups excluding carboxylic acids is 2. The molecule has 1 aliphatic heterocycles. The number of aromatic nitrogens is 1. The largest absolute Gasteiger partial charge is 0.391 e. The fourth-order valence-electron chi connectivity index (χ4n) is 5.44. The molecule has 6 heteroatoms. The Morgan fingerprint density at radius 1 is 1.17 bits per heavy atom. The molecule has 5 rings (SSSR count). The summed E-state index contributed by atoms with van der Waals surface area (Å²) in [4.78, 5) is 29.8. The number of fused-ring (bicyclic) bond motifs is 1. The number of benzene rings is 2. The Balaban J connectivity index is 1.45. The highest BCUT2D eigenvalue weighted by molar-refractivity contribution is 6.05. The first kappa shape index (κ1) is 18.9. The highest BCUT2D eigenvalue weighted by atomic mass is 16.3. The molecule has 1 saturated heterocycles. The van der Waals surface area contributed by atoms with Gasteiger partial charge in [0.05, 0.1) is 17.2 Å². The Kier molecular flexibility index (Phi) is 4.40. The lowest BCUT2D eigenvalue weighted by Gasteiger charge is -2.17. The number of para-hydroxylation sites is 1. The summed E-state index contributed by atoms with van der Waals surface area (Å²) in [5, 5.41) is 15.0. The van der Waals surface area contributed by atoms with Gasteiger partial charge in [0, 0.05) is 43.6 Å². The first-order valence-electron chi connectivity index (χ1n) is 10.3. The van der Waals surface area contributed by atoms with Gasteiger partial charge in [0.25, 0.3) is 5.91 Å². The molecule has 1 spiro atoms. The standard InChI is InChI=1S/C24H25N3O3/c1-15(28)26-12-19-21(16-6-3-2-4-7-16)24(19)14-27(13-20(24)29)23(30)18-9-5-8-17-10-11-25-22(17)18/h2-11,19-21,25,29H,12-14H2,1H3,(H,26,28)/t19-,20+,21-,24-/m1/s1. The van der Waals surface area contributed by atoms with Gasteiger partial charge in [0.2, 0.25) is 5.91 Å². The van der Waals surface area contributed by atoms with Crippen molar-refractivity contribution >= 4 is 22.7 Å². The van der Waals surface area contributed by atoms with E-state index in [1.54, 1.807) is 4.90 Å². The molecule has 154 valence electrons. The smallest absolute Gasteiger partial charge is 0.256 e. The topological polar surface area (TPSA) is 85.4 Å². The molecule has 2 aromatic carbocycles. The maximum absolute atomic E-state index is 13.4. The molecular weight excluding hydrogens is 378 g/mol. The highest BCUT2D eigenvalue weighted by Gasteiger charge is 2.71. The van der Waals surface area contributed by atoms with E-state index in [2.05, 4.69) is 22.4 Å². The number of carbonyl (C=O) groups is 2. The van der Waals surface area contributed by atoms with Crippen LogP contribution in [0, 0.1) is 11.3 Å².